The van der Waals surface area contributed by atoms with Gasteiger partial charge >= 0.3 is 0 Å². The van der Waals surface area contributed by atoms with Crippen LogP contribution in [0.1, 0.15) is 11.1 Å². The summed E-state index contributed by atoms with van der Waals surface area (Å²) in [5.41, 5.74) is 1.13. The fourth-order valence-corrected chi connectivity index (χ4v) is 3.53. The average molecular weight is 547 g/mol. The van der Waals surface area contributed by atoms with Gasteiger partial charge in [-0.25, -0.2) is 0 Å². The summed E-state index contributed by atoms with van der Waals surface area (Å²) < 4.78 is 6.43. The molecule has 0 aromatic heterocycles. The molecule has 0 radical (unpaired) electrons. The van der Waals surface area contributed by atoms with E-state index in [1.54, 1.807) is 30.3 Å². The van der Waals surface area contributed by atoms with Gasteiger partial charge in [0.25, 0.3) is 11.6 Å². The van der Waals surface area contributed by atoms with E-state index in [2.05, 4.69) is 21.2 Å². The predicted octanol–water partition coefficient (Wildman–Crippen LogP) is 6.79. The monoisotopic (exact) mass is 545 g/mol. The van der Waals surface area contributed by atoms with Crippen LogP contribution >= 0.6 is 39.1 Å². The van der Waals surface area contributed by atoms with Gasteiger partial charge in [0.05, 0.1) is 9.40 Å². The first-order chi connectivity index (χ1) is 15.8. The van der Waals surface area contributed by atoms with Gasteiger partial charge in [0.15, 0.2) is 0 Å². The highest BCUT2D eigenvalue weighted by Gasteiger charge is 2.16. The highest BCUT2D eigenvalue weighted by Crippen LogP contribution is 2.29. The zero-order chi connectivity index (χ0) is 24.0. The highest BCUT2D eigenvalue weighted by atomic mass is 79.9. The zero-order valence-corrected chi connectivity index (χ0v) is 19.8. The van der Waals surface area contributed by atoms with Crippen LogP contribution in [0.5, 0.6) is 5.75 Å². The predicted molar refractivity (Wildman–Crippen MR) is 130 cm³/mol. The van der Waals surface area contributed by atoms with Gasteiger partial charge in [-0.05, 0) is 69.5 Å². The SMILES string of the molecule is N#C/C(=C\c1ccc(OCc2ccc(Cl)cc2)c(Br)c1)C(=O)Nc1ccc(Cl)c([N+](=O)[O-])c1. The number of carbonyl (C=O) groups excluding carboxylic acids is 1. The van der Waals surface area contributed by atoms with Crippen LogP contribution < -0.4 is 10.1 Å². The van der Waals surface area contributed by atoms with Crippen molar-refractivity contribution in [2.24, 2.45) is 0 Å². The molecule has 0 fully saturated rings. The van der Waals surface area contributed by atoms with Crippen molar-refractivity contribution in [1.29, 1.82) is 5.26 Å². The third-order valence-electron chi connectivity index (χ3n) is 4.34. The van der Waals surface area contributed by atoms with Crippen LogP contribution in [0.2, 0.25) is 10.0 Å². The normalized spacial score (nSPS) is 10.9. The van der Waals surface area contributed by atoms with E-state index in [1.807, 2.05) is 18.2 Å². The Morgan fingerprint density at radius 3 is 2.52 bits per heavy atom. The van der Waals surface area contributed by atoms with E-state index in [-0.39, 0.29) is 22.0 Å². The number of halogens is 3. The lowest BCUT2D eigenvalue weighted by Gasteiger charge is -2.09. The molecule has 3 aromatic rings. The van der Waals surface area contributed by atoms with E-state index in [1.165, 1.54) is 18.2 Å². The number of rotatable bonds is 7. The summed E-state index contributed by atoms with van der Waals surface area (Å²) >= 11 is 15.1. The lowest BCUT2D eigenvalue weighted by molar-refractivity contribution is -0.384. The molecule has 1 N–H and O–H groups in total. The summed E-state index contributed by atoms with van der Waals surface area (Å²) in [6.45, 7) is 0.337. The number of anilines is 1. The number of amides is 1. The number of nitro groups is 1. The summed E-state index contributed by atoms with van der Waals surface area (Å²) in [7, 11) is 0. The van der Waals surface area contributed by atoms with Crippen LogP contribution in [0.25, 0.3) is 6.08 Å². The summed E-state index contributed by atoms with van der Waals surface area (Å²) in [5.74, 6) is -0.133. The van der Waals surface area contributed by atoms with E-state index < -0.39 is 10.8 Å². The molecule has 10 heteroatoms. The van der Waals surface area contributed by atoms with Crippen molar-refractivity contribution < 1.29 is 14.5 Å². The number of nitriles is 1. The molecule has 0 spiro atoms. The minimum atomic E-state index is -0.715. The molecular formula is C23H14BrCl2N3O4. The first-order valence-corrected chi connectivity index (χ1v) is 10.9. The second kappa shape index (κ2) is 11.0. The third-order valence-corrected chi connectivity index (χ3v) is 5.53. The molecule has 1 amide bonds. The van der Waals surface area contributed by atoms with Gasteiger partial charge in [0.1, 0.15) is 29.0 Å². The molecule has 0 atom stereocenters. The summed E-state index contributed by atoms with van der Waals surface area (Å²) in [4.78, 5) is 22.9. The zero-order valence-electron chi connectivity index (χ0n) is 16.7. The molecule has 0 aliphatic rings. The van der Waals surface area contributed by atoms with Crippen molar-refractivity contribution in [3.63, 3.8) is 0 Å². The van der Waals surface area contributed by atoms with E-state index in [9.17, 15) is 20.2 Å². The molecule has 7 nitrogen and oxygen atoms in total. The quantitative estimate of drug-likeness (QED) is 0.152. The summed E-state index contributed by atoms with van der Waals surface area (Å²) in [5, 5.41) is 23.5. The second-order valence-corrected chi connectivity index (χ2v) is 8.35. The Bertz CT molecular complexity index is 1290. The molecule has 3 rings (SSSR count). The molecule has 0 saturated carbocycles. The molecule has 33 heavy (non-hydrogen) atoms. The largest absolute Gasteiger partial charge is 0.488 e. The Labute approximate surface area is 207 Å². The molecule has 0 aliphatic heterocycles. The summed E-state index contributed by atoms with van der Waals surface area (Å²) in [6.07, 6.45) is 1.40. The van der Waals surface area contributed by atoms with Crippen molar-refractivity contribution in [3.05, 3.63) is 102 Å². The number of nitrogens with zero attached hydrogens (tertiary/aromatic N) is 2. The number of nitrogens with one attached hydrogen (secondary N) is 1. The minimum absolute atomic E-state index is 0.0581. The number of ether oxygens (including phenoxy) is 1. The first kappa shape index (κ1) is 24.3. The van der Waals surface area contributed by atoms with Crippen molar-refractivity contribution >= 4 is 62.5 Å². The minimum Gasteiger partial charge on any atom is -0.488 e. The molecule has 166 valence electrons. The molecule has 0 aliphatic carbocycles. The van der Waals surface area contributed by atoms with Crippen LogP contribution in [0, 0.1) is 21.4 Å². The molecular weight excluding hydrogens is 533 g/mol. The van der Waals surface area contributed by atoms with Gasteiger partial charge in [-0.1, -0.05) is 41.4 Å². The highest BCUT2D eigenvalue weighted by molar-refractivity contribution is 9.10. The van der Waals surface area contributed by atoms with Gasteiger partial charge in [0, 0.05) is 16.8 Å². The van der Waals surface area contributed by atoms with Crippen molar-refractivity contribution in [2.45, 2.75) is 6.61 Å². The smallest absolute Gasteiger partial charge is 0.289 e. The van der Waals surface area contributed by atoms with Crippen LogP contribution in [0.15, 0.2) is 70.7 Å². The van der Waals surface area contributed by atoms with Crippen molar-refractivity contribution in [2.75, 3.05) is 5.32 Å². The standard InChI is InChI=1S/C23H14BrCl2N3O4/c24-19-10-15(3-8-22(19)33-13-14-1-4-17(25)5-2-14)9-16(12-27)23(30)28-18-6-7-20(26)21(11-18)29(31)32/h1-11H,13H2,(H,28,30)/b16-9+. The van der Waals surface area contributed by atoms with Crippen molar-refractivity contribution in [3.8, 4) is 11.8 Å². The number of nitro benzene ring substituents is 1. The number of carbonyl (C=O) groups is 1. The summed E-state index contributed by atoms with van der Waals surface area (Å²) in [6, 6.07) is 18.1. The number of hydrogen-bond donors (Lipinski definition) is 1. The Balaban J connectivity index is 1.72. The van der Waals surface area contributed by atoms with E-state index >= 15 is 0 Å². The number of hydrogen-bond acceptors (Lipinski definition) is 5. The van der Waals surface area contributed by atoms with Gasteiger partial charge in [0.2, 0.25) is 0 Å². The average Bonchev–Trinajstić information content (AvgIpc) is 2.79. The maximum atomic E-state index is 12.5. The fourth-order valence-electron chi connectivity index (χ4n) is 2.71. The van der Waals surface area contributed by atoms with Crippen LogP contribution in [-0.4, -0.2) is 10.8 Å². The third kappa shape index (κ3) is 6.56. The van der Waals surface area contributed by atoms with E-state index in [0.717, 1.165) is 11.6 Å². The number of benzene rings is 3. The van der Waals surface area contributed by atoms with E-state index in [4.69, 9.17) is 27.9 Å². The van der Waals surface area contributed by atoms with Crippen LogP contribution in [0.4, 0.5) is 11.4 Å². The Kier molecular flexibility index (Phi) is 8.06. The van der Waals surface area contributed by atoms with Crippen molar-refractivity contribution in [1.82, 2.24) is 0 Å². The topological polar surface area (TPSA) is 105 Å². The molecule has 0 bridgehead atoms. The maximum Gasteiger partial charge on any atom is 0.289 e. The van der Waals surface area contributed by atoms with E-state index in [0.29, 0.717) is 27.4 Å². The van der Waals surface area contributed by atoms with Crippen LogP contribution in [-0.2, 0) is 11.4 Å². The van der Waals surface area contributed by atoms with Gasteiger partial charge < -0.3 is 10.1 Å². The van der Waals surface area contributed by atoms with Gasteiger partial charge in [-0.15, -0.1) is 0 Å². The lowest BCUT2D eigenvalue weighted by atomic mass is 10.1. The Morgan fingerprint density at radius 1 is 1.15 bits per heavy atom. The second-order valence-electron chi connectivity index (χ2n) is 6.65. The molecule has 0 unspecified atom stereocenters. The lowest BCUT2D eigenvalue weighted by Crippen LogP contribution is -2.13. The van der Waals surface area contributed by atoms with Gasteiger partial charge in [-0.2, -0.15) is 5.26 Å². The van der Waals surface area contributed by atoms with Crippen LogP contribution in [0.3, 0.4) is 0 Å². The van der Waals surface area contributed by atoms with Gasteiger partial charge in [-0.3, -0.25) is 14.9 Å². The maximum absolute atomic E-state index is 12.5. The Hall–Kier alpha value is -3.38. The molecule has 0 saturated heterocycles. The fraction of sp³-hybridized carbons (Fsp3) is 0.0435. The first-order valence-electron chi connectivity index (χ1n) is 9.30. The molecule has 0 heterocycles. The molecule has 3 aromatic carbocycles. The Morgan fingerprint density at radius 2 is 1.88 bits per heavy atom.